The molecule has 18 heavy (non-hydrogen) atoms. The van der Waals surface area contributed by atoms with Gasteiger partial charge in [-0.05, 0) is 25.7 Å². The Morgan fingerprint density at radius 1 is 1.33 bits per heavy atom. The van der Waals surface area contributed by atoms with Crippen molar-refractivity contribution in [1.82, 2.24) is 5.32 Å². The Hall–Kier alpha value is -0.680. The van der Waals surface area contributed by atoms with E-state index in [9.17, 15) is 4.79 Å². The molecule has 2 rings (SSSR count). The van der Waals surface area contributed by atoms with E-state index in [1.807, 2.05) is 0 Å². The van der Waals surface area contributed by atoms with Crippen LogP contribution in [0.3, 0.4) is 0 Å². The quantitative estimate of drug-likeness (QED) is 0.760. The fourth-order valence-corrected chi connectivity index (χ4v) is 3.22. The summed E-state index contributed by atoms with van der Waals surface area (Å²) in [5.41, 5.74) is 5.22. The first-order valence-electron chi connectivity index (χ1n) is 6.85. The molecule has 1 saturated heterocycles. The zero-order chi connectivity index (χ0) is 13.0. The van der Waals surface area contributed by atoms with Gasteiger partial charge in [0.2, 0.25) is 5.91 Å². The Morgan fingerprint density at radius 3 is 2.61 bits per heavy atom. The molecule has 1 heterocycles. The molecule has 1 saturated carbocycles. The van der Waals surface area contributed by atoms with Crippen LogP contribution < -0.4 is 11.1 Å². The van der Waals surface area contributed by atoms with Crippen LogP contribution in [-0.2, 0) is 9.53 Å². The van der Waals surface area contributed by atoms with Gasteiger partial charge in [0.1, 0.15) is 0 Å². The van der Waals surface area contributed by atoms with Gasteiger partial charge in [0.25, 0.3) is 0 Å². The molecule has 1 aliphatic carbocycles. The molecule has 2 fully saturated rings. The first-order valence-corrected chi connectivity index (χ1v) is 7.26. The van der Waals surface area contributed by atoms with Crippen LogP contribution in [0.25, 0.3) is 0 Å². The van der Waals surface area contributed by atoms with Crippen LogP contribution in [-0.4, -0.2) is 30.2 Å². The number of amides is 1. The van der Waals surface area contributed by atoms with E-state index in [1.165, 1.54) is 6.42 Å². The minimum absolute atomic E-state index is 0.00481. The van der Waals surface area contributed by atoms with Crippen molar-refractivity contribution in [2.75, 3.05) is 13.2 Å². The van der Waals surface area contributed by atoms with E-state index in [1.54, 1.807) is 0 Å². The van der Waals surface area contributed by atoms with Crippen LogP contribution in [0.2, 0.25) is 0 Å². The largest absolute Gasteiger partial charge is 0.392 e. The molecule has 1 unspecified atom stereocenters. The van der Waals surface area contributed by atoms with Crippen LogP contribution in [0.15, 0.2) is 0 Å². The third-order valence-corrected chi connectivity index (χ3v) is 4.52. The average molecular weight is 270 g/mol. The monoisotopic (exact) mass is 270 g/mol. The summed E-state index contributed by atoms with van der Waals surface area (Å²) < 4.78 is 5.51. The van der Waals surface area contributed by atoms with Crippen molar-refractivity contribution < 1.29 is 9.53 Å². The van der Waals surface area contributed by atoms with Crippen molar-refractivity contribution >= 4 is 23.1 Å². The molecule has 0 aromatic heterocycles. The fraction of sp³-hybridized carbons (Fsp3) is 0.846. The Morgan fingerprint density at radius 2 is 2.06 bits per heavy atom. The molecule has 0 spiro atoms. The number of rotatable bonds is 4. The fourth-order valence-electron chi connectivity index (χ4n) is 2.92. The van der Waals surface area contributed by atoms with Crippen molar-refractivity contribution in [1.29, 1.82) is 0 Å². The first kappa shape index (κ1) is 13.7. The summed E-state index contributed by atoms with van der Waals surface area (Å²) in [5.74, 6) is 0.00481. The van der Waals surface area contributed by atoms with Crippen LogP contribution in [0.4, 0.5) is 0 Å². The summed E-state index contributed by atoms with van der Waals surface area (Å²) in [7, 11) is 0. The van der Waals surface area contributed by atoms with Gasteiger partial charge in [-0.15, -0.1) is 0 Å². The minimum atomic E-state index is -0.605. The van der Waals surface area contributed by atoms with Crippen LogP contribution in [0.5, 0.6) is 0 Å². The van der Waals surface area contributed by atoms with Crippen LogP contribution in [0.1, 0.15) is 44.9 Å². The molecule has 1 atom stereocenters. The Bertz CT molecular complexity index is 321. The van der Waals surface area contributed by atoms with Gasteiger partial charge in [-0.25, -0.2) is 0 Å². The van der Waals surface area contributed by atoms with E-state index in [4.69, 9.17) is 22.7 Å². The number of thiocarbonyl (C=S) groups is 1. The molecule has 0 bridgehead atoms. The second-order valence-corrected chi connectivity index (χ2v) is 5.79. The number of nitrogens with two attached hydrogens (primary N) is 1. The van der Waals surface area contributed by atoms with Gasteiger partial charge in [-0.3, -0.25) is 4.79 Å². The molecule has 1 aliphatic heterocycles. The Balaban J connectivity index is 1.93. The second kappa shape index (κ2) is 5.97. The molecule has 0 radical (unpaired) electrons. The maximum atomic E-state index is 12.4. The molecule has 2 aliphatic rings. The Kier molecular flexibility index (Phi) is 4.56. The molecule has 1 amide bonds. The third kappa shape index (κ3) is 2.83. The van der Waals surface area contributed by atoms with E-state index in [0.717, 1.165) is 45.1 Å². The van der Waals surface area contributed by atoms with Gasteiger partial charge < -0.3 is 15.8 Å². The molecular weight excluding hydrogens is 248 g/mol. The van der Waals surface area contributed by atoms with Gasteiger partial charge in [0.15, 0.2) is 0 Å². The number of carbonyl (C=O) groups excluding carboxylic acids is 1. The lowest BCUT2D eigenvalue weighted by atomic mass is 9.73. The first-order chi connectivity index (χ1) is 8.65. The third-order valence-electron chi connectivity index (χ3n) is 4.13. The summed E-state index contributed by atoms with van der Waals surface area (Å²) in [4.78, 5) is 12.7. The van der Waals surface area contributed by atoms with E-state index in [2.05, 4.69) is 5.32 Å². The van der Waals surface area contributed by atoms with Crippen molar-refractivity contribution in [3.63, 3.8) is 0 Å². The maximum Gasteiger partial charge on any atom is 0.233 e. The smallest absolute Gasteiger partial charge is 0.233 e. The van der Waals surface area contributed by atoms with Gasteiger partial charge in [0.05, 0.1) is 16.5 Å². The van der Waals surface area contributed by atoms with Gasteiger partial charge in [0, 0.05) is 13.2 Å². The molecule has 0 aromatic rings. The zero-order valence-electron chi connectivity index (χ0n) is 10.7. The predicted octanol–water partition coefficient (Wildman–Crippen LogP) is 1.52. The summed E-state index contributed by atoms with van der Waals surface area (Å²) in [6, 6.07) is 0. The predicted molar refractivity (Wildman–Crippen MR) is 74.3 cm³/mol. The lowest BCUT2D eigenvalue weighted by Gasteiger charge is -2.35. The number of nitrogens with one attached hydrogen (secondary N) is 1. The highest BCUT2D eigenvalue weighted by Gasteiger charge is 2.42. The topological polar surface area (TPSA) is 64.4 Å². The standard InChI is InChI=1S/C13H22N2O2S/c14-11(18)13(6-2-1-3-7-13)12(16)15-9-10-5-4-8-17-10/h10H,1-9H2,(H2,14,18)(H,15,16). The molecule has 4 nitrogen and oxygen atoms in total. The highest BCUT2D eigenvalue weighted by atomic mass is 32.1. The van der Waals surface area contributed by atoms with Crippen LogP contribution in [0, 0.1) is 5.41 Å². The number of carbonyl (C=O) groups is 1. The lowest BCUT2D eigenvalue weighted by molar-refractivity contribution is -0.129. The normalized spacial score (nSPS) is 26.8. The van der Waals surface area contributed by atoms with E-state index in [0.29, 0.717) is 11.5 Å². The SMILES string of the molecule is NC(=S)C1(C(=O)NCC2CCCO2)CCCCC1. The highest BCUT2D eigenvalue weighted by Crippen LogP contribution is 2.37. The van der Waals surface area contributed by atoms with E-state index < -0.39 is 5.41 Å². The van der Waals surface area contributed by atoms with Crippen LogP contribution >= 0.6 is 12.2 Å². The van der Waals surface area contributed by atoms with E-state index in [-0.39, 0.29) is 12.0 Å². The van der Waals surface area contributed by atoms with Gasteiger partial charge >= 0.3 is 0 Å². The minimum Gasteiger partial charge on any atom is -0.392 e. The molecule has 0 aromatic carbocycles. The highest BCUT2D eigenvalue weighted by molar-refractivity contribution is 7.80. The van der Waals surface area contributed by atoms with Gasteiger partial charge in [-0.2, -0.15) is 0 Å². The van der Waals surface area contributed by atoms with Crippen molar-refractivity contribution in [2.24, 2.45) is 11.1 Å². The zero-order valence-corrected chi connectivity index (χ0v) is 11.6. The summed E-state index contributed by atoms with van der Waals surface area (Å²) in [6.07, 6.45) is 7.10. The summed E-state index contributed by atoms with van der Waals surface area (Å²) in [5, 5.41) is 2.99. The second-order valence-electron chi connectivity index (χ2n) is 5.35. The molecule has 102 valence electrons. The van der Waals surface area contributed by atoms with Crippen molar-refractivity contribution in [3.8, 4) is 0 Å². The molecule has 3 N–H and O–H groups in total. The summed E-state index contributed by atoms with van der Waals surface area (Å²) >= 11 is 5.14. The number of ether oxygens (including phenoxy) is 1. The van der Waals surface area contributed by atoms with Crippen molar-refractivity contribution in [2.45, 2.75) is 51.0 Å². The number of hydrogen-bond acceptors (Lipinski definition) is 3. The number of hydrogen-bond donors (Lipinski definition) is 2. The molecule has 5 heteroatoms. The molecular formula is C13H22N2O2S. The summed E-state index contributed by atoms with van der Waals surface area (Å²) in [6.45, 7) is 1.39. The average Bonchev–Trinajstić information content (AvgIpc) is 2.89. The van der Waals surface area contributed by atoms with E-state index >= 15 is 0 Å². The Labute approximate surface area is 114 Å². The van der Waals surface area contributed by atoms with Gasteiger partial charge in [-0.1, -0.05) is 31.5 Å². The maximum absolute atomic E-state index is 12.4. The van der Waals surface area contributed by atoms with Crippen molar-refractivity contribution in [3.05, 3.63) is 0 Å². The lowest BCUT2D eigenvalue weighted by Crippen LogP contribution is -2.51.